The summed E-state index contributed by atoms with van der Waals surface area (Å²) >= 11 is 0. The maximum atomic E-state index is 2.66. The van der Waals surface area contributed by atoms with Crippen molar-refractivity contribution in [2.45, 2.75) is 39.3 Å². The Balaban J connectivity index is 2.09. The third-order valence-electron chi connectivity index (χ3n) is 3.71. The van der Waals surface area contributed by atoms with Gasteiger partial charge in [-0.05, 0) is 23.0 Å². The molecule has 0 spiro atoms. The fraction of sp³-hybridized carbons (Fsp3) is 0.571. The van der Waals surface area contributed by atoms with Crippen molar-refractivity contribution < 1.29 is 0 Å². The zero-order valence-corrected chi connectivity index (χ0v) is 9.83. The first-order valence-electron chi connectivity index (χ1n) is 5.91. The molecule has 1 aromatic rings. The lowest BCUT2D eigenvalue weighted by molar-refractivity contribution is 0.186. The van der Waals surface area contributed by atoms with Crippen molar-refractivity contribution >= 4 is 0 Å². The van der Waals surface area contributed by atoms with Crippen LogP contribution in [0.15, 0.2) is 24.3 Å². The van der Waals surface area contributed by atoms with Crippen LogP contribution in [0.25, 0.3) is 0 Å². The minimum atomic E-state index is 0.352. The second kappa shape index (κ2) is 2.85. The molecule has 0 aliphatic carbocycles. The van der Waals surface area contributed by atoms with Gasteiger partial charge in [-0.2, -0.15) is 0 Å². The molecule has 15 heavy (non-hydrogen) atoms. The lowest BCUT2D eigenvalue weighted by atomic mass is 9.78. The second-order valence-electron chi connectivity index (χ2n) is 6.02. The van der Waals surface area contributed by atoms with Crippen molar-refractivity contribution in [3.8, 4) is 0 Å². The van der Waals surface area contributed by atoms with Gasteiger partial charge in [0.2, 0.25) is 0 Å². The van der Waals surface area contributed by atoms with Gasteiger partial charge in [0, 0.05) is 18.6 Å². The summed E-state index contributed by atoms with van der Waals surface area (Å²) in [7, 11) is 0. The van der Waals surface area contributed by atoms with Crippen LogP contribution in [0.1, 0.15) is 37.9 Å². The van der Waals surface area contributed by atoms with Gasteiger partial charge in [-0.1, -0.05) is 45.0 Å². The average molecular weight is 201 g/mol. The van der Waals surface area contributed by atoms with Gasteiger partial charge in [0.05, 0.1) is 0 Å². The lowest BCUT2D eigenvalue weighted by Crippen LogP contribution is -2.31. The molecule has 0 aromatic heterocycles. The Kier molecular flexibility index (Phi) is 1.79. The highest BCUT2D eigenvalue weighted by atomic mass is 15.3. The normalized spacial score (nSPS) is 33.1. The molecule has 0 amide bonds. The molecule has 2 heterocycles. The summed E-state index contributed by atoms with van der Waals surface area (Å²) in [6.45, 7) is 8.37. The molecule has 1 nitrogen and oxygen atoms in total. The molecule has 2 aliphatic rings. The molecule has 3 unspecified atom stereocenters. The van der Waals surface area contributed by atoms with Crippen LogP contribution in [-0.2, 0) is 6.42 Å². The predicted octanol–water partition coefficient (Wildman–Crippen LogP) is 3.01. The van der Waals surface area contributed by atoms with Crippen LogP contribution in [0, 0.1) is 5.41 Å². The van der Waals surface area contributed by atoms with Crippen LogP contribution in [0.5, 0.6) is 0 Å². The van der Waals surface area contributed by atoms with Gasteiger partial charge in [0.1, 0.15) is 0 Å². The third kappa shape index (κ3) is 1.41. The second-order valence-corrected chi connectivity index (χ2v) is 6.02. The molecule has 1 saturated heterocycles. The number of hydrogen-bond donors (Lipinski definition) is 0. The molecule has 0 radical (unpaired) electrons. The van der Waals surface area contributed by atoms with E-state index < -0.39 is 0 Å². The minimum Gasteiger partial charge on any atom is -0.290 e. The summed E-state index contributed by atoms with van der Waals surface area (Å²) in [4.78, 5) is 2.66. The van der Waals surface area contributed by atoms with Crippen molar-refractivity contribution in [3.63, 3.8) is 0 Å². The number of rotatable bonds is 0. The molecular formula is C14H19N. The number of benzene rings is 1. The van der Waals surface area contributed by atoms with Gasteiger partial charge in [-0.25, -0.2) is 0 Å². The summed E-state index contributed by atoms with van der Waals surface area (Å²) in [5.74, 6) is 0. The van der Waals surface area contributed by atoms with Crippen molar-refractivity contribution in [3.05, 3.63) is 35.4 Å². The predicted molar refractivity (Wildman–Crippen MR) is 62.8 cm³/mol. The van der Waals surface area contributed by atoms with E-state index in [9.17, 15) is 0 Å². The van der Waals surface area contributed by atoms with E-state index in [1.807, 2.05) is 0 Å². The molecule has 3 atom stereocenters. The Morgan fingerprint density at radius 3 is 2.67 bits per heavy atom. The maximum absolute atomic E-state index is 2.66. The molecule has 3 rings (SSSR count). The van der Waals surface area contributed by atoms with E-state index in [0.29, 0.717) is 11.5 Å². The fourth-order valence-electron chi connectivity index (χ4n) is 3.08. The lowest BCUT2D eigenvalue weighted by Gasteiger charge is -2.37. The molecule has 0 bridgehead atoms. The monoisotopic (exact) mass is 201 g/mol. The molecular weight excluding hydrogens is 182 g/mol. The molecule has 0 saturated carbocycles. The Hall–Kier alpha value is -0.820. The zero-order chi connectivity index (χ0) is 10.6. The standard InChI is InChI=1S/C14H19N/c1-14(2,3)13-12-7-5-4-6-10(12)8-11-9-15(11)13/h4-7,11,13H,8-9H2,1-3H3. The topological polar surface area (TPSA) is 3.01 Å². The SMILES string of the molecule is CC(C)(C)C1c2ccccc2CC2CN21. The summed E-state index contributed by atoms with van der Waals surface area (Å²) in [6, 6.07) is 10.5. The highest BCUT2D eigenvalue weighted by Crippen LogP contribution is 2.49. The quantitative estimate of drug-likeness (QED) is 0.583. The summed E-state index contributed by atoms with van der Waals surface area (Å²) in [5, 5.41) is 0. The van der Waals surface area contributed by atoms with Crippen LogP contribution in [-0.4, -0.2) is 17.5 Å². The third-order valence-corrected chi connectivity index (χ3v) is 3.71. The number of hydrogen-bond acceptors (Lipinski definition) is 1. The Morgan fingerprint density at radius 2 is 1.93 bits per heavy atom. The van der Waals surface area contributed by atoms with E-state index in [0.717, 1.165) is 6.04 Å². The molecule has 80 valence electrons. The molecule has 1 aromatic carbocycles. The molecule has 2 aliphatic heterocycles. The first-order chi connectivity index (χ1) is 7.07. The minimum absolute atomic E-state index is 0.352. The van der Waals surface area contributed by atoms with E-state index in [1.165, 1.54) is 13.0 Å². The maximum Gasteiger partial charge on any atom is 0.0403 e. The van der Waals surface area contributed by atoms with Crippen molar-refractivity contribution in [2.75, 3.05) is 6.54 Å². The van der Waals surface area contributed by atoms with Crippen molar-refractivity contribution in [1.29, 1.82) is 0 Å². The first kappa shape index (κ1) is 9.41. The van der Waals surface area contributed by atoms with Gasteiger partial charge in [0.15, 0.2) is 0 Å². The van der Waals surface area contributed by atoms with Gasteiger partial charge in [0.25, 0.3) is 0 Å². The molecule has 0 N–H and O–H groups in total. The summed E-state index contributed by atoms with van der Waals surface area (Å²) < 4.78 is 0. The number of nitrogens with zero attached hydrogens (tertiary/aromatic N) is 1. The molecule has 1 heteroatoms. The van der Waals surface area contributed by atoms with Crippen LogP contribution in [0.4, 0.5) is 0 Å². The first-order valence-corrected chi connectivity index (χ1v) is 5.91. The smallest absolute Gasteiger partial charge is 0.0403 e. The van der Waals surface area contributed by atoms with Crippen LogP contribution in [0.3, 0.4) is 0 Å². The Bertz CT molecular complexity index is 389. The van der Waals surface area contributed by atoms with E-state index in [4.69, 9.17) is 0 Å². The van der Waals surface area contributed by atoms with E-state index in [1.54, 1.807) is 11.1 Å². The zero-order valence-electron chi connectivity index (χ0n) is 9.83. The highest BCUT2D eigenvalue weighted by molar-refractivity contribution is 5.37. The van der Waals surface area contributed by atoms with Crippen molar-refractivity contribution in [2.24, 2.45) is 5.41 Å². The largest absolute Gasteiger partial charge is 0.290 e. The van der Waals surface area contributed by atoms with E-state index in [2.05, 4.69) is 49.9 Å². The van der Waals surface area contributed by atoms with Crippen molar-refractivity contribution in [1.82, 2.24) is 4.90 Å². The van der Waals surface area contributed by atoms with Gasteiger partial charge in [-0.3, -0.25) is 4.90 Å². The average Bonchev–Trinajstić information content (AvgIpc) is 2.89. The molecule has 1 fully saturated rings. The van der Waals surface area contributed by atoms with Crippen LogP contribution in [0.2, 0.25) is 0 Å². The van der Waals surface area contributed by atoms with Gasteiger partial charge in [-0.15, -0.1) is 0 Å². The number of fused-ring (bicyclic) bond motifs is 2. The summed E-state index contributed by atoms with van der Waals surface area (Å²) in [6.07, 6.45) is 1.27. The van der Waals surface area contributed by atoms with E-state index in [-0.39, 0.29) is 0 Å². The van der Waals surface area contributed by atoms with Crippen LogP contribution < -0.4 is 0 Å². The van der Waals surface area contributed by atoms with Gasteiger partial charge >= 0.3 is 0 Å². The fourth-order valence-corrected chi connectivity index (χ4v) is 3.08. The highest BCUT2D eigenvalue weighted by Gasteiger charge is 2.48. The Labute approximate surface area is 92.1 Å². The van der Waals surface area contributed by atoms with E-state index >= 15 is 0 Å². The van der Waals surface area contributed by atoms with Crippen LogP contribution >= 0.6 is 0 Å². The Morgan fingerprint density at radius 1 is 1.20 bits per heavy atom. The summed E-state index contributed by atoms with van der Waals surface area (Å²) in [5.41, 5.74) is 3.50. The van der Waals surface area contributed by atoms with Gasteiger partial charge < -0.3 is 0 Å².